The summed E-state index contributed by atoms with van der Waals surface area (Å²) in [6, 6.07) is 0. The molecule has 0 fully saturated rings. The van der Waals surface area contributed by atoms with E-state index in [1.54, 1.807) is 0 Å². The van der Waals surface area contributed by atoms with Crippen LogP contribution in [0, 0.1) is 0 Å². The summed E-state index contributed by atoms with van der Waals surface area (Å²) in [6.45, 7) is 0. The molecule has 0 amide bonds. The molecule has 3 radical (unpaired) electrons. The average molecular weight is 183 g/mol. The van der Waals surface area contributed by atoms with Crippen molar-refractivity contribution < 1.29 is 9.01 Å². The first kappa shape index (κ1) is 9.79. The van der Waals surface area contributed by atoms with Gasteiger partial charge in [-0.2, -0.15) is 0 Å². The van der Waals surface area contributed by atoms with Crippen molar-refractivity contribution in [2.45, 2.75) is 0 Å². The van der Waals surface area contributed by atoms with Crippen molar-refractivity contribution >= 4 is 41.6 Å². The van der Waals surface area contributed by atoms with Crippen LogP contribution in [-0.4, -0.2) is 0 Å². The second-order valence-electron chi connectivity index (χ2n) is 0.177. The van der Waals surface area contributed by atoms with Crippen LogP contribution in [0.15, 0.2) is 0 Å². The van der Waals surface area contributed by atoms with Gasteiger partial charge in [0, 0.05) is 9.90 Å². The minimum absolute atomic E-state index is 0. The summed E-state index contributed by atoms with van der Waals surface area (Å²) in [5, 5.41) is 0. The van der Waals surface area contributed by atoms with Crippen LogP contribution in [0.1, 0.15) is 0 Å². The zero-order valence-corrected chi connectivity index (χ0v) is 6.47. The van der Waals surface area contributed by atoms with Gasteiger partial charge in [0.15, 0.2) is 0 Å². The minimum atomic E-state index is -1.00. The molecule has 5 heavy (non-hydrogen) atoms. The van der Waals surface area contributed by atoms with E-state index in [4.69, 9.17) is 0 Å². The second-order valence-corrected chi connectivity index (χ2v) is 6.56. The standard InChI is InChI=1S/Fe.P.3S. The molecule has 0 nitrogen and oxygen atoms in total. The van der Waals surface area contributed by atoms with Gasteiger partial charge in [-0.3, -0.25) is 0 Å². The molecular weight excluding hydrogens is 183 g/mol. The summed E-state index contributed by atoms with van der Waals surface area (Å²) >= 11 is 0. The summed E-state index contributed by atoms with van der Waals surface area (Å²) < 4.78 is 0. The second kappa shape index (κ2) is 5.61. The van der Waals surface area contributed by atoms with E-state index in [-0.39, 0.29) is 9.90 Å². The van der Waals surface area contributed by atoms with Crippen LogP contribution in [-0.2, 0) is 9.01 Å². The Balaban J connectivity index is 0. The number of rotatable bonds is 0. The van der Waals surface area contributed by atoms with Crippen molar-refractivity contribution in [2.24, 2.45) is 0 Å². The topological polar surface area (TPSA) is 0 Å². The molecule has 0 aliphatic heterocycles. The third kappa shape index (κ3) is 28.2. The van der Waals surface area contributed by atoms with Crippen LogP contribution in [0.25, 0.3) is 0 Å². The Bertz CT molecular complexity index is 76.3. The first-order chi connectivity index (χ1) is 1.73. The van der Waals surface area contributed by atoms with Gasteiger partial charge in [0.2, 0.25) is 0 Å². The van der Waals surface area contributed by atoms with Crippen molar-refractivity contribution in [1.29, 1.82) is 0 Å². The van der Waals surface area contributed by atoms with Crippen molar-refractivity contribution in [3.63, 3.8) is 0 Å². The van der Waals surface area contributed by atoms with Crippen molar-refractivity contribution in [3.05, 3.63) is 0 Å². The van der Waals surface area contributed by atoms with Gasteiger partial charge in [-0.05, 0) is 0 Å². The summed E-state index contributed by atoms with van der Waals surface area (Å²) in [4.78, 5) is 0. The Hall–Kier alpha value is 1.61. The Labute approximate surface area is 50.4 Å². The molecule has 31 valence electrons. The predicted octanol–water partition coefficient (Wildman–Crippen LogP) is 2.80. The van der Waals surface area contributed by atoms with Gasteiger partial charge in [-0.1, -0.05) is 0 Å². The Morgan fingerprint density at radius 3 is 1.00 bits per heavy atom. The van der Waals surface area contributed by atoms with Crippen LogP contribution in [0.5, 0.6) is 0 Å². The predicted molar refractivity (Wildman–Crippen MR) is 29.7 cm³/mol. The first-order valence-corrected chi connectivity index (χ1v) is 5.36. The number of hydrogen-bond acceptors (Lipinski definition) is 3. The quantitative estimate of drug-likeness (QED) is 0.418. The molecule has 5 heteroatoms. The van der Waals surface area contributed by atoms with Crippen LogP contribution < -0.4 is 0 Å². The first-order valence-electron chi connectivity index (χ1n) is 0.433. The average Bonchev–Trinajstić information content (AvgIpc) is 0.811. The van der Waals surface area contributed by atoms with E-state index in [9.17, 15) is 0 Å². The van der Waals surface area contributed by atoms with Gasteiger partial charge >= 0.3 is 40.7 Å². The number of hydrogen-bond donors (Lipinski definition) is 0. The van der Waals surface area contributed by atoms with E-state index in [0.717, 1.165) is 0 Å². The molecule has 0 spiro atoms. The Morgan fingerprint density at radius 1 is 1.00 bits per heavy atom. The fourth-order valence-electron chi connectivity index (χ4n) is 0. The van der Waals surface area contributed by atoms with E-state index in [1.165, 1.54) is 0 Å². The van der Waals surface area contributed by atoms with Crippen LogP contribution >= 0.6 is 41.6 Å². The molecule has 0 aliphatic carbocycles. The molecule has 0 saturated carbocycles. The summed E-state index contributed by atoms with van der Waals surface area (Å²) in [7, 11) is 12.0. The fraction of sp³-hybridized carbons (Fsp3) is 0. The monoisotopic (exact) mass is 183 g/mol. The summed E-state index contributed by atoms with van der Waals surface area (Å²) in [6.07, 6.45) is 0. The van der Waals surface area contributed by atoms with Crippen LogP contribution in [0.2, 0.25) is 0 Å². The molecule has 0 bridgehead atoms. The molecule has 0 saturated heterocycles. The SMILES string of the molecule is [P].[S]=[Fe](=[S])=[S]. The normalized spacial score (nSPS) is 6.60. The molecule has 0 rings (SSSR count). The zero-order chi connectivity index (χ0) is 3.58. The molecule has 0 aliphatic rings. The van der Waals surface area contributed by atoms with Gasteiger partial charge in [-0.15, -0.1) is 0 Å². The van der Waals surface area contributed by atoms with Gasteiger partial charge in [0.05, 0.1) is 0 Å². The molecule has 0 atom stereocenters. The maximum absolute atomic E-state index is 4.33. The Kier molecular flexibility index (Phi) is 11.0. The zero-order valence-electron chi connectivity index (χ0n) is 2.03. The van der Waals surface area contributed by atoms with E-state index in [2.05, 4.69) is 31.7 Å². The van der Waals surface area contributed by atoms with E-state index in [1.807, 2.05) is 0 Å². The van der Waals surface area contributed by atoms with Gasteiger partial charge in [0.25, 0.3) is 0 Å². The molecule has 0 aromatic rings. The molecule has 0 N–H and O–H groups in total. The van der Waals surface area contributed by atoms with Crippen molar-refractivity contribution in [3.8, 4) is 0 Å². The fourth-order valence-corrected chi connectivity index (χ4v) is 0. The molecular formula is FePS3. The van der Waals surface area contributed by atoms with Crippen LogP contribution in [0.3, 0.4) is 0 Å². The van der Waals surface area contributed by atoms with Gasteiger partial charge in [-0.25, -0.2) is 0 Å². The van der Waals surface area contributed by atoms with E-state index >= 15 is 0 Å². The molecule has 0 heterocycles. The van der Waals surface area contributed by atoms with Gasteiger partial charge < -0.3 is 0 Å². The van der Waals surface area contributed by atoms with Crippen molar-refractivity contribution in [1.82, 2.24) is 0 Å². The molecule has 0 aromatic heterocycles. The van der Waals surface area contributed by atoms with Crippen LogP contribution in [0.4, 0.5) is 0 Å². The van der Waals surface area contributed by atoms with E-state index < -0.39 is 9.01 Å². The summed E-state index contributed by atoms with van der Waals surface area (Å²) in [5.41, 5.74) is 0. The summed E-state index contributed by atoms with van der Waals surface area (Å²) in [5.74, 6) is 0. The Morgan fingerprint density at radius 2 is 1.00 bits per heavy atom. The van der Waals surface area contributed by atoms with Crippen molar-refractivity contribution in [2.75, 3.05) is 0 Å². The van der Waals surface area contributed by atoms with E-state index in [0.29, 0.717) is 0 Å². The van der Waals surface area contributed by atoms with Gasteiger partial charge in [0.1, 0.15) is 0 Å². The maximum atomic E-state index is 4.33. The molecule has 0 aromatic carbocycles. The third-order valence-corrected chi connectivity index (χ3v) is 0. The molecule has 0 unspecified atom stereocenters. The third-order valence-electron chi connectivity index (χ3n) is 0.